The fourth-order valence-electron chi connectivity index (χ4n) is 2.56. The van der Waals surface area contributed by atoms with Gasteiger partial charge in [0.25, 0.3) is 0 Å². The number of rotatable bonds is 3. The van der Waals surface area contributed by atoms with E-state index in [0.29, 0.717) is 17.1 Å². The summed E-state index contributed by atoms with van der Waals surface area (Å²) < 4.78 is 28.6. The van der Waals surface area contributed by atoms with Crippen LogP contribution in [-0.4, -0.2) is 35.1 Å². The number of sulfonamides is 1. The number of aryl methyl sites for hydroxylation is 1. The first-order chi connectivity index (χ1) is 8.48. The molecule has 1 aromatic heterocycles. The van der Waals surface area contributed by atoms with Crippen molar-refractivity contribution >= 4 is 10.0 Å². The summed E-state index contributed by atoms with van der Waals surface area (Å²) in [6.45, 7) is 4.48. The Balaban J connectivity index is 2.38. The van der Waals surface area contributed by atoms with Crippen LogP contribution in [0.25, 0.3) is 0 Å². The Hall–Kier alpha value is -0.880. The fraction of sp³-hybridized carbons (Fsp3) is 0.750. The third-order valence-corrected chi connectivity index (χ3v) is 5.88. The van der Waals surface area contributed by atoms with Gasteiger partial charge in [0.1, 0.15) is 4.90 Å². The average molecular weight is 271 g/mol. The van der Waals surface area contributed by atoms with Gasteiger partial charge >= 0.3 is 0 Å². The normalized spacial score (nSPS) is 22.3. The maximum atomic E-state index is 12.7. The predicted octanol–water partition coefficient (Wildman–Crippen LogP) is 1.68. The second-order valence-electron chi connectivity index (χ2n) is 4.89. The first-order valence-corrected chi connectivity index (χ1v) is 7.93. The maximum absolute atomic E-state index is 12.7. The van der Waals surface area contributed by atoms with Gasteiger partial charge in [-0.3, -0.25) is 4.68 Å². The highest BCUT2D eigenvalue weighted by atomic mass is 32.2. The van der Waals surface area contributed by atoms with Crippen molar-refractivity contribution in [3.63, 3.8) is 0 Å². The van der Waals surface area contributed by atoms with Gasteiger partial charge in [-0.15, -0.1) is 0 Å². The van der Waals surface area contributed by atoms with Crippen LogP contribution in [0.15, 0.2) is 11.1 Å². The van der Waals surface area contributed by atoms with Crippen LogP contribution in [-0.2, 0) is 17.1 Å². The molecule has 0 aromatic carbocycles. The number of piperidine rings is 1. The lowest BCUT2D eigenvalue weighted by molar-refractivity contribution is 0.246. The molecule has 1 aliphatic rings. The van der Waals surface area contributed by atoms with E-state index in [1.807, 2.05) is 0 Å². The van der Waals surface area contributed by atoms with E-state index in [4.69, 9.17) is 0 Å². The van der Waals surface area contributed by atoms with Crippen LogP contribution in [0.5, 0.6) is 0 Å². The van der Waals surface area contributed by atoms with Crippen molar-refractivity contribution in [2.45, 2.75) is 50.5 Å². The minimum atomic E-state index is -3.38. The van der Waals surface area contributed by atoms with Crippen LogP contribution < -0.4 is 0 Å². The lowest BCUT2D eigenvalue weighted by Crippen LogP contribution is -2.43. The van der Waals surface area contributed by atoms with E-state index in [9.17, 15) is 8.42 Å². The molecule has 0 bridgehead atoms. The quantitative estimate of drug-likeness (QED) is 0.840. The zero-order chi connectivity index (χ0) is 13.3. The van der Waals surface area contributed by atoms with Crippen LogP contribution in [0.4, 0.5) is 0 Å². The second kappa shape index (κ2) is 5.01. The molecule has 1 aliphatic heterocycles. The third-order valence-electron chi connectivity index (χ3n) is 3.82. The molecule has 0 saturated carbocycles. The monoisotopic (exact) mass is 271 g/mol. The van der Waals surface area contributed by atoms with E-state index in [2.05, 4.69) is 12.0 Å². The summed E-state index contributed by atoms with van der Waals surface area (Å²) in [5.41, 5.74) is 0.704. The van der Waals surface area contributed by atoms with Crippen molar-refractivity contribution < 1.29 is 8.42 Å². The Labute approximate surface area is 109 Å². The average Bonchev–Trinajstić information content (AvgIpc) is 2.70. The fourth-order valence-corrected chi connectivity index (χ4v) is 4.51. The van der Waals surface area contributed by atoms with E-state index in [1.165, 1.54) is 6.20 Å². The second-order valence-corrected chi connectivity index (χ2v) is 6.75. The van der Waals surface area contributed by atoms with Crippen molar-refractivity contribution in [1.29, 1.82) is 0 Å². The van der Waals surface area contributed by atoms with Gasteiger partial charge < -0.3 is 0 Å². The first kappa shape index (κ1) is 13.5. The molecule has 5 nitrogen and oxygen atoms in total. The van der Waals surface area contributed by atoms with Gasteiger partial charge in [-0.2, -0.15) is 9.40 Å². The smallest absolute Gasteiger partial charge is 0.246 e. The summed E-state index contributed by atoms with van der Waals surface area (Å²) in [5, 5.41) is 4.04. The maximum Gasteiger partial charge on any atom is 0.246 e. The summed E-state index contributed by atoms with van der Waals surface area (Å²) in [6, 6.07) is 0.142. The van der Waals surface area contributed by atoms with E-state index < -0.39 is 10.0 Å². The third kappa shape index (κ3) is 2.19. The Morgan fingerprint density at radius 3 is 2.72 bits per heavy atom. The van der Waals surface area contributed by atoms with Crippen LogP contribution in [0.2, 0.25) is 0 Å². The molecule has 1 unspecified atom stereocenters. The molecule has 1 atom stereocenters. The van der Waals surface area contributed by atoms with Gasteiger partial charge in [-0.05, 0) is 26.2 Å². The van der Waals surface area contributed by atoms with Crippen molar-refractivity contribution in [1.82, 2.24) is 14.1 Å². The molecule has 0 amide bonds. The molecule has 0 aliphatic carbocycles. The van der Waals surface area contributed by atoms with Crippen molar-refractivity contribution in [3.05, 3.63) is 11.9 Å². The predicted molar refractivity (Wildman–Crippen MR) is 69.8 cm³/mol. The van der Waals surface area contributed by atoms with Crippen LogP contribution in [0.1, 0.15) is 38.3 Å². The minimum absolute atomic E-state index is 0.142. The van der Waals surface area contributed by atoms with E-state index >= 15 is 0 Å². The summed E-state index contributed by atoms with van der Waals surface area (Å²) in [7, 11) is -1.62. The zero-order valence-electron chi connectivity index (χ0n) is 11.3. The zero-order valence-corrected chi connectivity index (χ0v) is 12.1. The van der Waals surface area contributed by atoms with Crippen molar-refractivity contribution in [2.24, 2.45) is 7.05 Å². The highest BCUT2D eigenvalue weighted by molar-refractivity contribution is 7.89. The molecule has 0 spiro atoms. The standard InChI is InChI=1S/C12H21N3O2S/c1-4-11-7-5-6-8-15(11)18(16,17)12-9-13-14(3)10(12)2/h9,11H,4-8H2,1-3H3. The molecule has 18 heavy (non-hydrogen) atoms. The molecule has 0 radical (unpaired) electrons. The van der Waals surface area contributed by atoms with E-state index in [-0.39, 0.29) is 6.04 Å². The highest BCUT2D eigenvalue weighted by Crippen LogP contribution is 2.28. The Morgan fingerprint density at radius 1 is 1.44 bits per heavy atom. The van der Waals surface area contributed by atoms with E-state index in [1.54, 1.807) is 23.0 Å². The summed E-state index contributed by atoms with van der Waals surface area (Å²) in [4.78, 5) is 0.352. The molecule has 1 fully saturated rings. The van der Waals surface area contributed by atoms with Gasteiger partial charge in [0.2, 0.25) is 10.0 Å². The van der Waals surface area contributed by atoms with E-state index in [0.717, 1.165) is 25.7 Å². The molecule has 1 saturated heterocycles. The molecule has 2 rings (SSSR count). The number of nitrogens with zero attached hydrogens (tertiary/aromatic N) is 3. The molecular weight excluding hydrogens is 250 g/mol. The topological polar surface area (TPSA) is 55.2 Å². The molecule has 0 N–H and O–H groups in total. The van der Waals surface area contributed by atoms with Gasteiger partial charge in [0.05, 0.1) is 11.9 Å². The Kier molecular flexibility index (Phi) is 3.77. The molecule has 102 valence electrons. The van der Waals surface area contributed by atoms with Gasteiger partial charge in [-0.1, -0.05) is 13.3 Å². The van der Waals surface area contributed by atoms with Crippen LogP contribution in [0, 0.1) is 6.92 Å². The largest absolute Gasteiger partial charge is 0.272 e. The SMILES string of the molecule is CCC1CCCCN1S(=O)(=O)c1cnn(C)c1C. The molecular formula is C12H21N3O2S. The van der Waals surface area contributed by atoms with Gasteiger partial charge in [-0.25, -0.2) is 8.42 Å². The minimum Gasteiger partial charge on any atom is -0.272 e. The van der Waals surface area contributed by atoms with Crippen molar-refractivity contribution in [2.75, 3.05) is 6.54 Å². The number of hydrogen-bond acceptors (Lipinski definition) is 3. The van der Waals surface area contributed by atoms with Gasteiger partial charge in [0, 0.05) is 19.6 Å². The molecule has 6 heteroatoms. The summed E-state index contributed by atoms with van der Waals surface area (Å²) >= 11 is 0. The van der Waals surface area contributed by atoms with Crippen molar-refractivity contribution in [3.8, 4) is 0 Å². The lowest BCUT2D eigenvalue weighted by atomic mass is 10.0. The summed E-state index contributed by atoms with van der Waals surface area (Å²) in [6.07, 6.45) is 5.38. The van der Waals surface area contributed by atoms with Gasteiger partial charge in [0.15, 0.2) is 0 Å². The first-order valence-electron chi connectivity index (χ1n) is 6.49. The van der Waals surface area contributed by atoms with Crippen LogP contribution in [0.3, 0.4) is 0 Å². The van der Waals surface area contributed by atoms with Crippen LogP contribution >= 0.6 is 0 Å². The molecule has 2 heterocycles. The summed E-state index contributed by atoms with van der Waals surface area (Å²) in [5.74, 6) is 0. The Morgan fingerprint density at radius 2 is 2.17 bits per heavy atom. The lowest BCUT2D eigenvalue weighted by Gasteiger charge is -2.33. The number of aromatic nitrogens is 2. The molecule has 1 aromatic rings. The number of hydrogen-bond donors (Lipinski definition) is 0. The Bertz CT molecular complexity index is 521. The highest BCUT2D eigenvalue weighted by Gasteiger charge is 2.34.